The number of nitrogens with one attached hydrogen (secondary N) is 1. The van der Waals surface area contributed by atoms with Crippen LogP contribution in [0.4, 0.5) is 0 Å². The number of hydrogen-bond donors (Lipinski definition) is 1. The van der Waals surface area contributed by atoms with Crippen LogP contribution in [-0.2, 0) is 24.2 Å². The van der Waals surface area contributed by atoms with Gasteiger partial charge in [-0.05, 0) is 49.1 Å². The number of nitrogens with zero attached hydrogens (tertiary/aromatic N) is 1. The maximum absolute atomic E-state index is 11.7. The Bertz CT molecular complexity index is 899. The number of aryl methyl sites for hydroxylation is 2. The van der Waals surface area contributed by atoms with Gasteiger partial charge in [0.25, 0.3) is 0 Å². The second-order valence-corrected chi connectivity index (χ2v) is 6.99. The highest BCUT2D eigenvalue weighted by molar-refractivity contribution is 5.85. The van der Waals surface area contributed by atoms with Crippen LogP contribution in [0.25, 0.3) is 10.9 Å². The summed E-state index contributed by atoms with van der Waals surface area (Å²) in [6.07, 6.45) is 4.52. The molecule has 1 amide bonds. The third-order valence-corrected chi connectivity index (χ3v) is 4.91. The van der Waals surface area contributed by atoms with Crippen LogP contribution in [0.5, 0.6) is 5.75 Å². The molecule has 0 aliphatic heterocycles. The summed E-state index contributed by atoms with van der Waals surface area (Å²) in [6.45, 7) is 4.85. The first kappa shape index (κ1) is 19.0. The van der Waals surface area contributed by atoms with Crippen molar-refractivity contribution in [2.24, 2.45) is 0 Å². The number of carbonyl (C=O) groups excluding carboxylic acids is 1. The molecule has 27 heavy (non-hydrogen) atoms. The molecule has 1 atom stereocenters. The van der Waals surface area contributed by atoms with Crippen LogP contribution in [0.15, 0.2) is 54.7 Å². The van der Waals surface area contributed by atoms with E-state index in [0.29, 0.717) is 6.42 Å². The number of carbonyl (C=O) groups is 1. The lowest BCUT2D eigenvalue weighted by molar-refractivity contribution is -0.121. The van der Waals surface area contributed by atoms with E-state index in [4.69, 9.17) is 4.74 Å². The third-order valence-electron chi connectivity index (χ3n) is 4.91. The molecule has 0 bridgehead atoms. The molecule has 0 spiro atoms. The minimum atomic E-state index is 0.0906. The van der Waals surface area contributed by atoms with E-state index in [1.807, 2.05) is 19.1 Å². The predicted molar refractivity (Wildman–Crippen MR) is 110 cm³/mol. The van der Waals surface area contributed by atoms with Crippen molar-refractivity contribution >= 4 is 16.8 Å². The van der Waals surface area contributed by atoms with Gasteiger partial charge in [-0.15, -0.1) is 0 Å². The fourth-order valence-corrected chi connectivity index (χ4v) is 3.48. The van der Waals surface area contributed by atoms with Gasteiger partial charge in [-0.25, -0.2) is 0 Å². The first-order valence-corrected chi connectivity index (χ1v) is 9.59. The van der Waals surface area contributed by atoms with Crippen molar-refractivity contribution in [2.75, 3.05) is 7.11 Å². The second kappa shape index (κ2) is 8.76. The Hall–Kier alpha value is -2.75. The van der Waals surface area contributed by atoms with Gasteiger partial charge in [0.1, 0.15) is 5.75 Å². The van der Waals surface area contributed by atoms with Gasteiger partial charge in [0.15, 0.2) is 0 Å². The Balaban J connectivity index is 1.86. The van der Waals surface area contributed by atoms with E-state index in [-0.39, 0.29) is 11.9 Å². The molecule has 0 saturated heterocycles. The standard InChI is InChI=1S/C23H28N2O2/c1-4-23(26)24-17(2)14-19-16-25(13-12-18-8-6-5-7-9-18)22-11-10-20(27-3)15-21(19)22/h5-11,15-17H,4,12-14H2,1-3H3,(H,24,26). The lowest BCUT2D eigenvalue weighted by Crippen LogP contribution is -2.33. The van der Waals surface area contributed by atoms with Crippen molar-refractivity contribution in [1.29, 1.82) is 0 Å². The molecule has 0 aliphatic carbocycles. The summed E-state index contributed by atoms with van der Waals surface area (Å²) in [6, 6.07) is 16.9. The van der Waals surface area contributed by atoms with Gasteiger partial charge < -0.3 is 14.6 Å². The van der Waals surface area contributed by atoms with Crippen LogP contribution in [-0.4, -0.2) is 23.6 Å². The Morgan fingerprint density at radius 2 is 1.96 bits per heavy atom. The Kier molecular flexibility index (Phi) is 6.17. The van der Waals surface area contributed by atoms with Crippen molar-refractivity contribution in [3.05, 3.63) is 65.9 Å². The SMILES string of the molecule is CCC(=O)NC(C)Cc1cn(CCc2ccccc2)c2ccc(OC)cc12. The zero-order chi connectivity index (χ0) is 19.2. The molecular weight excluding hydrogens is 336 g/mol. The van der Waals surface area contributed by atoms with Gasteiger partial charge in [0.2, 0.25) is 5.91 Å². The first-order chi connectivity index (χ1) is 13.1. The summed E-state index contributed by atoms with van der Waals surface area (Å²) in [4.78, 5) is 11.7. The van der Waals surface area contributed by atoms with Gasteiger partial charge in [-0.2, -0.15) is 0 Å². The largest absolute Gasteiger partial charge is 0.497 e. The van der Waals surface area contributed by atoms with Gasteiger partial charge >= 0.3 is 0 Å². The zero-order valence-corrected chi connectivity index (χ0v) is 16.4. The molecule has 4 heteroatoms. The molecule has 3 aromatic rings. The maximum Gasteiger partial charge on any atom is 0.219 e. The van der Waals surface area contributed by atoms with Crippen molar-refractivity contribution in [2.45, 2.75) is 45.7 Å². The molecule has 0 aliphatic rings. The lowest BCUT2D eigenvalue weighted by Gasteiger charge is -2.12. The number of hydrogen-bond acceptors (Lipinski definition) is 2. The van der Waals surface area contributed by atoms with Crippen LogP contribution in [0.3, 0.4) is 0 Å². The van der Waals surface area contributed by atoms with E-state index in [0.717, 1.165) is 25.1 Å². The minimum Gasteiger partial charge on any atom is -0.497 e. The Morgan fingerprint density at radius 1 is 1.19 bits per heavy atom. The van der Waals surface area contributed by atoms with Crippen LogP contribution >= 0.6 is 0 Å². The fraction of sp³-hybridized carbons (Fsp3) is 0.348. The number of rotatable bonds is 8. The quantitative estimate of drug-likeness (QED) is 0.646. The minimum absolute atomic E-state index is 0.0906. The van der Waals surface area contributed by atoms with Crippen LogP contribution in [0.1, 0.15) is 31.4 Å². The van der Waals surface area contributed by atoms with E-state index in [2.05, 4.69) is 59.4 Å². The Labute approximate surface area is 161 Å². The number of aromatic nitrogens is 1. The zero-order valence-electron chi connectivity index (χ0n) is 16.4. The average molecular weight is 364 g/mol. The summed E-state index contributed by atoms with van der Waals surface area (Å²) >= 11 is 0. The molecule has 142 valence electrons. The first-order valence-electron chi connectivity index (χ1n) is 9.59. The smallest absolute Gasteiger partial charge is 0.219 e. The molecule has 0 saturated carbocycles. The summed E-state index contributed by atoms with van der Waals surface area (Å²) in [7, 11) is 1.69. The number of fused-ring (bicyclic) bond motifs is 1. The van der Waals surface area contributed by atoms with E-state index >= 15 is 0 Å². The second-order valence-electron chi connectivity index (χ2n) is 6.99. The van der Waals surface area contributed by atoms with E-state index in [1.165, 1.54) is 22.0 Å². The molecule has 4 nitrogen and oxygen atoms in total. The van der Waals surface area contributed by atoms with Crippen molar-refractivity contribution < 1.29 is 9.53 Å². The van der Waals surface area contributed by atoms with E-state index < -0.39 is 0 Å². The van der Waals surface area contributed by atoms with Crippen molar-refractivity contribution in [1.82, 2.24) is 9.88 Å². The topological polar surface area (TPSA) is 43.3 Å². The van der Waals surface area contributed by atoms with E-state index in [1.54, 1.807) is 7.11 Å². The third kappa shape index (κ3) is 4.70. The fourth-order valence-electron chi connectivity index (χ4n) is 3.48. The molecule has 1 heterocycles. The molecule has 1 N–H and O–H groups in total. The predicted octanol–water partition coefficient (Wildman–Crippen LogP) is 4.35. The number of methoxy groups -OCH3 is 1. The van der Waals surface area contributed by atoms with E-state index in [9.17, 15) is 4.79 Å². The molecule has 0 radical (unpaired) electrons. The molecule has 3 rings (SSSR count). The maximum atomic E-state index is 11.7. The van der Waals surface area contributed by atoms with Crippen molar-refractivity contribution in [3.63, 3.8) is 0 Å². The van der Waals surface area contributed by atoms with Crippen molar-refractivity contribution in [3.8, 4) is 5.75 Å². The highest BCUT2D eigenvalue weighted by atomic mass is 16.5. The molecule has 1 aromatic heterocycles. The molecule has 0 fully saturated rings. The molecule has 1 unspecified atom stereocenters. The lowest BCUT2D eigenvalue weighted by atomic mass is 10.1. The van der Waals surface area contributed by atoms with Gasteiger partial charge in [0, 0.05) is 36.1 Å². The van der Waals surface area contributed by atoms with Gasteiger partial charge in [0.05, 0.1) is 7.11 Å². The van der Waals surface area contributed by atoms with Gasteiger partial charge in [-0.3, -0.25) is 4.79 Å². The normalized spacial score (nSPS) is 12.1. The van der Waals surface area contributed by atoms with Crippen LogP contribution in [0, 0.1) is 0 Å². The summed E-state index contributed by atoms with van der Waals surface area (Å²) in [5, 5.41) is 4.25. The average Bonchev–Trinajstić information content (AvgIpc) is 3.03. The number of benzene rings is 2. The Morgan fingerprint density at radius 3 is 2.67 bits per heavy atom. The molecule has 2 aromatic carbocycles. The highest BCUT2D eigenvalue weighted by Gasteiger charge is 2.14. The van der Waals surface area contributed by atoms with Crippen LogP contribution < -0.4 is 10.1 Å². The monoisotopic (exact) mass is 364 g/mol. The van der Waals surface area contributed by atoms with Crippen LogP contribution in [0.2, 0.25) is 0 Å². The highest BCUT2D eigenvalue weighted by Crippen LogP contribution is 2.27. The van der Waals surface area contributed by atoms with Gasteiger partial charge in [-0.1, -0.05) is 37.3 Å². The summed E-state index contributed by atoms with van der Waals surface area (Å²) < 4.78 is 7.73. The summed E-state index contributed by atoms with van der Waals surface area (Å²) in [5.41, 5.74) is 3.77. The number of ether oxygens (including phenoxy) is 1. The summed E-state index contributed by atoms with van der Waals surface area (Å²) in [5.74, 6) is 0.947. The molecular formula is C23H28N2O2. The number of amides is 1.